The van der Waals surface area contributed by atoms with Crippen molar-refractivity contribution in [2.45, 2.75) is 52.2 Å². The van der Waals surface area contributed by atoms with Crippen molar-refractivity contribution in [3.8, 4) is 0 Å². The average molecular weight is 224 g/mol. The molecule has 0 radical (unpaired) electrons. The first kappa shape index (κ1) is 13.2. The normalized spacial score (nSPS) is 27.9. The maximum absolute atomic E-state index is 11.7. The van der Waals surface area contributed by atoms with E-state index in [1.807, 2.05) is 4.90 Å². The lowest BCUT2D eigenvalue weighted by atomic mass is 9.96. The summed E-state index contributed by atoms with van der Waals surface area (Å²) in [6.07, 6.45) is 1.41. The van der Waals surface area contributed by atoms with Gasteiger partial charge in [0.2, 0.25) is 5.91 Å². The van der Waals surface area contributed by atoms with E-state index >= 15 is 0 Å². The van der Waals surface area contributed by atoms with Gasteiger partial charge in [0.05, 0.1) is 0 Å². The van der Waals surface area contributed by atoms with E-state index in [0.29, 0.717) is 6.04 Å². The highest BCUT2D eigenvalue weighted by atomic mass is 16.2. The van der Waals surface area contributed by atoms with Gasteiger partial charge in [0.1, 0.15) is 0 Å². The molecule has 2 unspecified atom stereocenters. The van der Waals surface area contributed by atoms with E-state index in [2.05, 4.69) is 46.1 Å². The van der Waals surface area contributed by atoms with Crippen molar-refractivity contribution >= 4 is 5.91 Å². The lowest BCUT2D eigenvalue weighted by Gasteiger charge is -2.50. The SMILES string of the molecule is C=CC(=O)N1CCN(C(C)(C)C)C(C)C1C. The van der Waals surface area contributed by atoms with Crippen molar-refractivity contribution in [2.75, 3.05) is 13.1 Å². The molecular formula is C13H24N2O. The summed E-state index contributed by atoms with van der Waals surface area (Å²) in [7, 11) is 0. The number of amides is 1. The zero-order valence-electron chi connectivity index (χ0n) is 11.2. The first-order valence-corrected chi connectivity index (χ1v) is 5.99. The molecule has 1 aliphatic rings. The Kier molecular flexibility index (Phi) is 3.79. The van der Waals surface area contributed by atoms with Crippen LogP contribution in [0.5, 0.6) is 0 Å². The van der Waals surface area contributed by atoms with Gasteiger partial charge in [0, 0.05) is 30.7 Å². The van der Waals surface area contributed by atoms with Gasteiger partial charge >= 0.3 is 0 Å². The summed E-state index contributed by atoms with van der Waals surface area (Å²) < 4.78 is 0. The number of carbonyl (C=O) groups is 1. The van der Waals surface area contributed by atoms with Gasteiger partial charge in [0.15, 0.2) is 0 Å². The van der Waals surface area contributed by atoms with Crippen LogP contribution in [0.15, 0.2) is 12.7 Å². The average Bonchev–Trinajstić information content (AvgIpc) is 2.19. The van der Waals surface area contributed by atoms with Gasteiger partial charge in [-0.2, -0.15) is 0 Å². The highest BCUT2D eigenvalue weighted by Gasteiger charge is 2.37. The second-order valence-electron chi connectivity index (χ2n) is 5.58. The Morgan fingerprint density at radius 3 is 2.25 bits per heavy atom. The first-order valence-electron chi connectivity index (χ1n) is 5.99. The molecule has 3 nitrogen and oxygen atoms in total. The van der Waals surface area contributed by atoms with E-state index < -0.39 is 0 Å². The van der Waals surface area contributed by atoms with Crippen LogP contribution in [0.1, 0.15) is 34.6 Å². The Morgan fingerprint density at radius 2 is 1.81 bits per heavy atom. The van der Waals surface area contributed by atoms with Crippen LogP contribution in [0.2, 0.25) is 0 Å². The third-order valence-corrected chi connectivity index (χ3v) is 3.58. The van der Waals surface area contributed by atoms with Crippen LogP contribution in [0.3, 0.4) is 0 Å². The van der Waals surface area contributed by atoms with Crippen molar-refractivity contribution in [3.63, 3.8) is 0 Å². The van der Waals surface area contributed by atoms with E-state index in [1.165, 1.54) is 6.08 Å². The third-order valence-electron chi connectivity index (χ3n) is 3.58. The van der Waals surface area contributed by atoms with Gasteiger partial charge < -0.3 is 4.90 Å². The summed E-state index contributed by atoms with van der Waals surface area (Å²) in [6, 6.07) is 0.635. The standard InChI is InChI=1S/C13H24N2O/c1-7-12(16)14-8-9-15(13(4,5)6)11(3)10(14)2/h7,10-11H,1,8-9H2,2-6H3. The minimum Gasteiger partial charge on any atom is -0.334 e. The van der Waals surface area contributed by atoms with E-state index in [1.54, 1.807) is 0 Å². The first-order chi connectivity index (χ1) is 7.29. The second-order valence-corrected chi connectivity index (χ2v) is 5.58. The van der Waals surface area contributed by atoms with Crippen molar-refractivity contribution in [1.82, 2.24) is 9.80 Å². The van der Waals surface area contributed by atoms with Gasteiger partial charge in [-0.3, -0.25) is 9.69 Å². The number of nitrogens with zero attached hydrogens (tertiary/aromatic N) is 2. The lowest BCUT2D eigenvalue weighted by Crippen LogP contribution is -2.63. The van der Waals surface area contributed by atoms with Crippen molar-refractivity contribution < 1.29 is 4.79 Å². The molecule has 1 rings (SSSR count). The van der Waals surface area contributed by atoms with Gasteiger partial charge in [-0.1, -0.05) is 6.58 Å². The van der Waals surface area contributed by atoms with Crippen molar-refractivity contribution in [3.05, 3.63) is 12.7 Å². The van der Waals surface area contributed by atoms with Crippen molar-refractivity contribution in [2.24, 2.45) is 0 Å². The van der Waals surface area contributed by atoms with Crippen LogP contribution in [0.25, 0.3) is 0 Å². The molecule has 0 spiro atoms. The highest BCUT2D eigenvalue weighted by Crippen LogP contribution is 2.24. The fourth-order valence-corrected chi connectivity index (χ4v) is 2.52. The molecule has 0 bridgehead atoms. The summed E-state index contributed by atoms with van der Waals surface area (Å²) in [5.41, 5.74) is 0.164. The van der Waals surface area contributed by atoms with Gasteiger partial charge in [-0.05, 0) is 40.7 Å². The predicted molar refractivity (Wildman–Crippen MR) is 67.3 cm³/mol. The zero-order valence-corrected chi connectivity index (χ0v) is 11.2. The van der Waals surface area contributed by atoms with Crippen molar-refractivity contribution in [1.29, 1.82) is 0 Å². The largest absolute Gasteiger partial charge is 0.334 e. The topological polar surface area (TPSA) is 23.6 Å². The number of rotatable bonds is 1. The van der Waals surface area contributed by atoms with Crippen LogP contribution < -0.4 is 0 Å². The summed E-state index contributed by atoms with van der Waals surface area (Å²) in [5, 5.41) is 0. The molecule has 0 aromatic carbocycles. The maximum Gasteiger partial charge on any atom is 0.246 e. The van der Waals surface area contributed by atoms with E-state index in [0.717, 1.165) is 13.1 Å². The molecule has 0 saturated carbocycles. The van der Waals surface area contributed by atoms with E-state index in [9.17, 15) is 4.79 Å². The molecule has 0 aromatic rings. The van der Waals surface area contributed by atoms with E-state index in [4.69, 9.17) is 0 Å². The summed E-state index contributed by atoms with van der Waals surface area (Å²) in [5.74, 6) is 0.0490. The Morgan fingerprint density at radius 1 is 1.25 bits per heavy atom. The minimum atomic E-state index is 0.0490. The third kappa shape index (κ3) is 2.46. The molecule has 2 atom stereocenters. The molecule has 1 heterocycles. The predicted octanol–water partition coefficient (Wildman–Crippen LogP) is 1.89. The second kappa shape index (κ2) is 4.58. The van der Waals surface area contributed by atoms with E-state index in [-0.39, 0.29) is 17.5 Å². The van der Waals surface area contributed by atoms with Crippen LogP contribution >= 0.6 is 0 Å². The molecule has 1 aliphatic heterocycles. The summed E-state index contributed by atoms with van der Waals surface area (Å²) in [6.45, 7) is 16.3. The smallest absolute Gasteiger partial charge is 0.246 e. The van der Waals surface area contributed by atoms with Crippen LogP contribution in [0, 0.1) is 0 Å². The molecule has 92 valence electrons. The summed E-state index contributed by atoms with van der Waals surface area (Å²) in [4.78, 5) is 16.0. The minimum absolute atomic E-state index is 0.0490. The Hall–Kier alpha value is -0.830. The molecule has 1 amide bonds. The molecule has 0 aromatic heterocycles. The molecular weight excluding hydrogens is 200 g/mol. The molecule has 1 fully saturated rings. The number of piperazine rings is 1. The summed E-state index contributed by atoms with van der Waals surface area (Å²) >= 11 is 0. The number of hydrogen-bond acceptors (Lipinski definition) is 2. The zero-order chi connectivity index (χ0) is 12.5. The fourth-order valence-electron chi connectivity index (χ4n) is 2.52. The van der Waals surface area contributed by atoms with Crippen LogP contribution in [-0.4, -0.2) is 46.4 Å². The molecule has 0 aliphatic carbocycles. The highest BCUT2D eigenvalue weighted by molar-refractivity contribution is 5.87. The molecule has 3 heteroatoms. The van der Waals surface area contributed by atoms with Gasteiger partial charge in [0.25, 0.3) is 0 Å². The number of carbonyl (C=O) groups excluding carboxylic acids is 1. The van der Waals surface area contributed by atoms with Gasteiger partial charge in [-0.15, -0.1) is 0 Å². The maximum atomic E-state index is 11.7. The lowest BCUT2D eigenvalue weighted by molar-refractivity contribution is -0.134. The monoisotopic (exact) mass is 224 g/mol. The molecule has 16 heavy (non-hydrogen) atoms. The quantitative estimate of drug-likeness (QED) is 0.635. The Balaban J connectivity index is 2.80. The number of hydrogen-bond donors (Lipinski definition) is 0. The Bertz CT molecular complexity index is 280. The molecule has 1 saturated heterocycles. The van der Waals surface area contributed by atoms with Crippen LogP contribution in [0.4, 0.5) is 0 Å². The molecule has 0 N–H and O–H groups in total. The van der Waals surface area contributed by atoms with Crippen LogP contribution in [-0.2, 0) is 4.79 Å². The Labute approximate surface area is 99.1 Å². The van der Waals surface area contributed by atoms with Gasteiger partial charge in [-0.25, -0.2) is 0 Å². The fraction of sp³-hybridized carbons (Fsp3) is 0.769.